The number of carboxylic acid groups (broad SMARTS) is 1. The fourth-order valence-corrected chi connectivity index (χ4v) is 1.84. The maximum absolute atomic E-state index is 13.4. The Hall–Kier alpha value is -1.69. The summed E-state index contributed by atoms with van der Waals surface area (Å²) < 4.78 is 13.8. The fraction of sp³-hybridized carbons (Fsp3) is 0. The molecule has 16 heavy (non-hydrogen) atoms. The molecule has 1 aromatic carbocycles. The molecular formula is C10H5BrFNO3. The standard InChI is InChI=1S/C10H5BrFNO3/c11-4-1-5-8(7(12)2-4)13-3-6(9(5)14)10(15)16/h1-3H,(H,13,14)(H,15,16). The number of hydrogen-bond acceptors (Lipinski definition) is 2. The van der Waals surface area contributed by atoms with Gasteiger partial charge < -0.3 is 10.1 Å². The van der Waals surface area contributed by atoms with Gasteiger partial charge >= 0.3 is 5.97 Å². The number of pyridine rings is 1. The van der Waals surface area contributed by atoms with Gasteiger partial charge in [-0.25, -0.2) is 9.18 Å². The molecule has 0 fully saturated rings. The van der Waals surface area contributed by atoms with Crippen molar-refractivity contribution in [2.24, 2.45) is 0 Å². The Morgan fingerprint density at radius 1 is 1.44 bits per heavy atom. The van der Waals surface area contributed by atoms with Crippen molar-refractivity contribution in [3.8, 4) is 0 Å². The van der Waals surface area contributed by atoms with Gasteiger partial charge in [0.05, 0.1) is 10.9 Å². The van der Waals surface area contributed by atoms with E-state index in [0.29, 0.717) is 4.47 Å². The van der Waals surface area contributed by atoms with Crippen LogP contribution in [0, 0.1) is 5.82 Å². The zero-order chi connectivity index (χ0) is 11.9. The molecule has 0 atom stereocenters. The van der Waals surface area contributed by atoms with E-state index in [2.05, 4.69) is 20.9 Å². The maximum Gasteiger partial charge on any atom is 0.341 e. The average molecular weight is 286 g/mol. The predicted molar refractivity (Wildman–Crippen MR) is 59.2 cm³/mol. The van der Waals surface area contributed by atoms with Crippen molar-refractivity contribution >= 4 is 32.8 Å². The molecule has 6 heteroatoms. The van der Waals surface area contributed by atoms with Gasteiger partial charge in [0.1, 0.15) is 11.4 Å². The van der Waals surface area contributed by atoms with Crippen molar-refractivity contribution in [1.82, 2.24) is 4.98 Å². The second kappa shape index (κ2) is 3.71. The quantitative estimate of drug-likeness (QED) is 0.843. The van der Waals surface area contributed by atoms with E-state index in [1.807, 2.05) is 0 Å². The summed E-state index contributed by atoms with van der Waals surface area (Å²) in [5, 5.41) is 8.74. The van der Waals surface area contributed by atoms with Crippen LogP contribution in [0.3, 0.4) is 0 Å². The summed E-state index contributed by atoms with van der Waals surface area (Å²) >= 11 is 3.04. The Balaban J connectivity index is 2.95. The number of aromatic nitrogens is 1. The number of carbonyl (C=O) groups is 1. The Bertz CT molecular complexity index is 650. The lowest BCUT2D eigenvalue weighted by Gasteiger charge is -2.01. The third-order valence-electron chi connectivity index (χ3n) is 2.14. The molecule has 0 amide bonds. The van der Waals surface area contributed by atoms with Crippen LogP contribution in [0.5, 0.6) is 0 Å². The number of halogens is 2. The van der Waals surface area contributed by atoms with E-state index in [1.54, 1.807) is 0 Å². The molecule has 1 heterocycles. The highest BCUT2D eigenvalue weighted by Crippen LogP contribution is 2.19. The van der Waals surface area contributed by atoms with E-state index in [0.717, 1.165) is 6.20 Å². The largest absolute Gasteiger partial charge is 0.477 e. The number of H-pyrrole nitrogens is 1. The number of hydrogen-bond donors (Lipinski definition) is 2. The Morgan fingerprint density at radius 2 is 2.12 bits per heavy atom. The van der Waals surface area contributed by atoms with Crippen LogP contribution in [0.25, 0.3) is 10.9 Å². The van der Waals surface area contributed by atoms with Crippen molar-refractivity contribution in [2.75, 3.05) is 0 Å². The highest BCUT2D eigenvalue weighted by molar-refractivity contribution is 9.10. The van der Waals surface area contributed by atoms with Gasteiger partial charge in [-0.1, -0.05) is 15.9 Å². The predicted octanol–water partition coefficient (Wildman–Crippen LogP) is 2.13. The Kier molecular flexibility index (Phi) is 2.51. The van der Waals surface area contributed by atoms with Crippen LogP contribution in [0.4, 0.5) is 4.39 Å². The van der Waals surface area contributed by atoms with Gasteiger partial charge in [0.2, 0.25) is 5.43 Å². The number of aromatic amines is 1. The van der Waals surface area contributed by atoms with Crippen LogP contribution < -0.4 is 5.43 Å². The summed E-state index contributed by atoms with van der Waals surface area (Å²) in [6, 6.07) is 2.57. The van der Waals surface area contributed by atoms with Gasteiger partial charge in [-0.15, -0.1) is 0 Å². The fourth-order valence-electron chi connectivity index (χ4n) is 1.41. The smallest absolute Gasteiger partial charge is 0.341 e. The molecule has 0 unspecified atom stereocenters. The summed E-state index contributed by atoms with van der Waals surface area (Å²) in [4.78, 5) is 24.9. The minimum Gasteiger partial charge on any atom is -0.477 e. The van der Waals surface area contributed by atoms with Crippen molar-refractivity contribution in [2.45, 2.75) is 0 Å². The molecule has 0 saturated carbocycles. The van der Waals surface area contributed by atoms with E-state index in [-0.39, 0.29) is 10.9 Å². The third kappa shape index (κ3) is 1.61. The Labute approximate surface area is 96.8 Å². The summed E-state index contributed by atoms with van der Waals surface area (Å²) in [5.41, 5.74) is -1.12. The first-order chi connectivity index (χ1) is 7.50. The zero-order valence-corrected chi connectivity index (χ0v) is 9.34. The van der Waals surface area contributed by atoms with Crippen molar-refractivity contribution in [1.29, 1.82) is 0 Å². The van der Waals surface area contributed by atoms with Crippen LogP contribution >= 0.6 is 15.9 Å². The van der Waals surface area contributed by atoms with Crippen LogP contribution in [0.15, 0.2) is 27.6 Å². The Morgan fingerprint density at radius 3 is 2.75 bits per heavy atom. The number of rotatable bonds is 1. The van der Waals surface area contributed by atoms with Crippen LogP contribution in [-0.2, 0) is 0 Å². The molecule has 0 aliphatic heterocycles. The number of aromatic carboxylic acids is 1. The molecule has 2 N–H and O–H groups in total. The first-order valence-electron chi connectivity index (χ1n) is 4.24. The van der Waals surface area contributed by atoms with Gasteiger partial charge in [0.15, 0.2) is 0 Å². The van der Waals surface area contributed by atoms with E-state index in [1.165, 1.54) is 12.1 Å². The molecule has 82 valence electrons. The second-order valence-electron chi connectivity index (χ2n) is 3.15. The minimum atomic E-state index is -1.34. The molecule has 0 radical (unpaired) electrons. The van der Waals surface area contributed by atoms with Crippen molar-refractivity contribution < 1.29 is 14.3 Å². The lowest BCUT2D eigenvalue weighted by atomic mass is 10.1. The lowest BCUT2D eigenvalue weighted by Crippen LogP contribution is -2.15. The molecular weight excluding hydrogens is 281 g/mol. The van der Waals surface area contributed by atoms with Crippen LogP contribution in [-0.4, -0.2) is 16.1 Å². The zero-order valence-electron chi connectivity index (χ0n) is 7.75. The molecule has 1 aromatic heterocycles. The number of carboxylic acids is 1. The van der Waals surface area contributed by atoms with Crippen LogP contribution in [0.2, 0.25) is 0 Å². The molecule has 0 bridgehead atoms. The summed E-state index contributed by atoms with van der Waals surface area (Å²) in [7, 11) is 0. The minimum absolute atomic E-state index is 0.00167. The highest BCUT2D eigenvalue weighted by Gasteiger charge is 2.13. The monoisotopic (exact) mass is 285 g/mol. The molecule has 0 saturated heterocycles. The maximum atomic E-state index is 13.4. The SMILES string of the molecule is O=C(O)c1c[nH]c2c(F)cc(Br)cc2c1=O. The average Bonchev–Trinajstić information content (AvgIpc) is 2.19. The summed E-state index contributed by atoms with van der Waals surface area (Å²) in [5.74, 6) is -1.96. The lowest BCUT2D eigenvalue weighted by molar-refractivity contribution is 0.0695. The molecule has 0 aliphatic rings. The summed E-state index contributed by atoms with van der Waals surface area (Å²) in [6.45, 7) is 0. The topological polar surface area (TPSA) is 70.2 Å². The number of nitrogens with one attached hydrogen (secondary N) is 1. The second-order valence-corrected chi connectivity index (χ2v) is 4.06. The number of fused-ring (bicyclic) bond motifs is 1. The molecule has 2 aromatic rings. The van der Waals surface area contributed by atoms with E-state index >= 15 is 0 Å². The normalized spacial score (nSPS) is 10.6. The van der Waals surface area contributed by atoms with Crippen molar-refractivity contribution in [3.63, 3.8) is 0 Å². The van der Waals surface area contributed by atoms with Gasteiger partial charge in [0, 0.05) is 10.7 Å². The molecule has 2 rings (SSSR count). The van der Waals surface area contributed by atoms with Gasteiger partial charge in [-0.3, -0.25) is 4.79 Å². The number of benzene rings is 1. The molecule has 0 aliphatic carbocycles. The van der Waals surface area contributed by atoms with Gasteiger partial charge in [-0.05, 0) is 12.1 Å². The first-order valence-corrected chi connectivity index (χ1v) is 5.03. The third-order valence-corrected chi connectivity index (χ3v) is 2.59. The van der Waals surface area contributed by atoms with E-state index < -0.39 is 22.8 Å². The first kappa shape index (κ1) is 10.8. The molecule has 4 nitrogen and oxygen atoms in total. The van der Waals surface area contributed by atoms with E-state index in [4.69, 9.17) is 5.11 Å². The van der Waals surface area contributed by atoms with Crippen LogP contribution in [0.1, 0.15) is 10.4 Å². The highest BCUT2D eigenvalue weighted by atomic mass is 79.9. The molecule has 0 spiro atoms. The van der Waals surface area contributed by atoms with Gasteiger partial charge in [0.25, 0.3) is 0 Å². The van der Waals surface area contributed by atoms with E-state index in [9.17, 15) is 14.0 Å². The van der Waals surface area contributed by atoms with Crippen molar-refractivity contribution in [3.05, 3.63) is 44.4 Å². The summed E-state index contributed by atoms with van der Waals surface area (Å²) in [6.07, 6.45) is 0.990. The van der Waals surface area contributed by atoms with Gasteiger partial charge in [-0.2, -0.15) is 0 Å².